The van der Waals surface area contributed by atoms with Gasteiger partial charge in [-0.05, 0) is 18.6 Å². The standard InChI is InChI=1S/C12H14N2O/c1-2-4-12-13-7-8-14(12)10-5-3-6-11(15)9-10/h3,5-9,15H,2,4H2,1H3. The highest BCUT2D eigenvalue weighted by molar-refractivity contribution is 5.39. The van der Waals surface area contributed by atoms with Crippen molar-refractivity contribution in [3.63, 3.8) is 0 Å². The van der Waals surface area contributed by atoms with Crippen LogP contribution in [0, 0.1) is 0 Å². The van der Waals surface area contributed by atoms with Gasteiger partial charge in [0.1, 0.15) is 11.6 Å². The molecule has 0 radical (unpaired) electrons. The van der Waals surface area contributed by atoms with Crippen molar-refractivity contribution in [2.45, 2.75) is 19.8 Å². The Morgan fingerprint density at radius 3 is 3.00 bits per heavy atom. The van der Waals surface area contributed by atoms with E-state index in [0.717, 1.165) is 24.4 Å². The largest absolute Gasteiger partial charge is 0.508 e. The molecule has 1 N–H and O–H groups in total. The van der Waals surface area contributed by atoms with E-state index in [2.05, 4.69) is 11.9 Å². The maximum atomic E-state index is 9.40. The average Bonchev–Trinajstić information content (AvgIpc) is 2.66. The molecule has 0 aliphatic carbocycles. The van der Waals surface area contributed by atoms with Crippen LogP contribution < -0.4 is 0 Å². The summed E-state index contributed by atoms with van der Waals surface area (Å²) in [6, 6.07) is 7.20. The van der Waals surface area contributed by atoms with Gasteiger partial charge in [-0.3, -0.25) is 0 Å². The Labute approximate surface area is 89.0 Å². The molecular weight excluding hydrogens is 188 g/mol. The first-order chi connectivity index (χ1) is 7.31. The summed E-state index contributed by atoms with van der Waals surface area (Å²) in [6.07, 6.45) is 5.72. The van der Waals surface area contributed by atoms with Gasteiger partial charge in [0.2, 0.25) is 0 Å². The first-order valence-electron chi connectivity index (χ1n) is 5.13. The van der Waals surface area contributed by atoms with Gasteiger partial charge in [0, 0.05) is 24.9 Å². The van der Waals surface area contributed by atoms with Gasteiger partial charge in [0.05, 0.1) is 5.69 Å². The van der Waals surface area contributed by atoms with Crippen molar-refractivity contribution in [2.75, 3.05) is 0 Å². The summed E-state index contributed by atoms with van der Waals surface area (Å²) in [4.78, 5) is 4.29. The Bertz CT molecular complexity index is 448. The van der Waals surface area contributed by atoms with Crippen LogP contribution >= 0.6 is 0 Å². The number of aryl methyl sites for hydroxylation is 1. The second-order valence-electron chi connectivity index (χ2n) is 3.48. The van der Waals surface area contributed by atoms with Crippen molar-refractivity contribution in [2.24, 2.45) is 0 Å². The van der Waals surface area contributed by atoms with Gasteiger partial charge in [-0.2, -0.15) is 0 Å². The minimum absolute atomic E-state index is 0.281. The molecule has 3 nitrogen and oxygen atoms in total. The molecule has 0 bridgehead atoms. The van der Waals surface area contributed by atoms with Crippen molar-refractivity contribution >= 4 is 0 Å². The molecule has 0 fully saturated rings. The summed E-state index contributed by atoms with van der Waals surface area (Å²) in [7, 11) is 0. The van der Waals surface area contributed by atoms with E-state index in [4.69, 9.17) is 0 Å². The third kappa shape index (κ3) is 2.01. The van der Waals surface area contributed by atoms with Gasteiger partial charge in [-0.1, -0.05) is 13.0 Å². The second kappa shape index (κ2) is 4.17. The second-order valence-corrected chi connectivity index (χ2v) is 3.48. The molecule has 0 aliphatic rings. The number of nitrogens with zero attached hydrogens (tertiary/aromatic N) is 2. The van der Waals surface area contributed by atoms with E-state index in [-0.39, 0.29) is 5.75 Å². The lowest BCUT2D eigenvalue weighted by atomic mass is 10.2. The molecular formula is C12H14N2O. The monoisotopic (exact) mass is 202 g/mol. The zero-order chi connectivity index (χ0) is 10.7. The molecule has 0 spiro atoms. The predicted octanol–water partition coefficient (Wildman–Crippen LogP) is 2.53. The predicted molar refractivity (Wildman–Crippen MR) is 59.2 cm³/mol. The number of phenols is 1. The van der Waals surface area contributed by atoms with Crippen molar-refractivity contribution in [1.29, 1.82) is 0 Å². The van der Waals surface area contributed by atoms with Gasteiger partial charge in [-0.15, -0.1) is 0 Å². The highest BCUT2D eigenvalue weighted by Gasteiger charge is 2.03. The molecule has 1 aromatic carbocycles. The zero-order valence-electron chi connectivity index (χ0n) is 8.72. The van der Waals surface area contributed by atoms with E-state index in [0.29, 0.717) is 0 Å². The molecule has 0 atom stereocenters. The molecule has 0 saturated carbocycles. The minimum Gasteiger partial charge on any atom is -0.508 e. The summed E-state index contributed by atoms with van der Waals surface area (Å²) in [6.45, 7) is 2.13. The number of rotatable bonds is 3. The van der Waals surface area contributed by atoms with Gasteiger partial charge in [0.15, 0.2) is 0 Å². The van der Waals surface area contributed by atoms with Crippen LogP contribution in [0.25, 0.3) is 5.69 Å². The Kier molecular flexibility index (Phi) is 2.72. The molecule has 2 aromatic rings. The van der Waals surface area contributed by atoms with Crippen LogP contribution in [0.5, 0.6) is 5.75 Å². The number of hydrogen-bond acceptors (Lipinski definition) is 2. The summed E-state index contributed by atoms with van der Waals surface area (Å²) >= 11 is 0. The normalized spacial score (nSPS) is 10.5. The zero-order valence-corrected chi connectivity index (χ0v) is 8.72. The molecule has 1 heterocycles. The molecule has 2 rings (SSSR count). The van der Waals surface area contributed by atoms with Crippen LogP contribution in [0.3, 0.4) is 0 Å². The van der Waals surface area contributed by atoms with Crippen LogP contribution in [-0.4, -0.2) is 14.7 Å². The fourth-order valence-electron chi connectivity index (χ4n) is 1.62. The number of imidazole rings is 1. The number of aromatic hydroxyl groups is 1. The highest BCUT2D eigenvalue weighted by Crippen LogP contribution is 2.17. The van der Waals surface area contributed by atoms with Crippen LogP contribution in [-0.2, 0) is 6.42 Å². The van der Waals surface area contributed by atoms with Crippen LogP contribution in [0.4, 0.5) is 0 Å². The number of phenolic OH excluding ortho intramolecular Hbond substituents is 1. The summed E-state index contributed by atoms with van der Waals surface area (Å²) < 4.78 is 2.00. The smallest absolute Gasteiger partial charge is 0.117 e. The first kappa shape index (κ1) is 9.77. The molecule has 78 valence electrons. The Balaban J connectivity index is 2.40. The number of benzene rings is 1. The van der Waals surface area contributed by atoms with E-state index in [9.17, 15) is 5.11 Å². The third-order valence-electron chi connectivity index (χ3n) is 2.30. The van der Waals surface area contributed by atoms with E-state index < -0.39 is 0 Å². The lowest BCUT2D eigenvalue weighted by Gasteiger charge is -2.07. The SMILES string of the molecule is CCCc1nccn1-c1cccc(O)c1. The minimum atomic E-state index is 0.281. The lowest BCUT2D eigenvalue weighted by molar-refractivity contribution is 0.475. The van der Waals surface area contributed by atoms with E-state index in [1.807, 2.05) is 22.9 Å². The van der Waals surface area contributed by atoms with Crippen molar-refractivity contribution in [3.8, 4) is 11.4 Å². The van der Waals surface area contributed by atoms with E-state index in [1.165, 1.54) is 0 Å². The Hall–Kier alpha value is -1.77. The van der Waals surface area contributed by atoms with Crippen molar-refractivity contribution in [1.82, 2.24) is 9.55 Å². The first-order valence-corrected chi connectivity index (χ1v) is 5.13. The van der Waals surface area contributed by atoms with Gasteiger partial charge in [0.25, 0.3) is 0 Å². The summed E-state index contributed by atoms with van der Waals surface area (Å²) in [5.41, 5.74) is 0.955. The number of hydrogen-bond donors (Lipinski definition) is 1. The fraction of sp³-hybridized carbons (Fsp3) is 0.250. The van der Waals surface area contributed by atoms with Crippen LogP contribution in [0.1, 0.15) is 19.2 Å². The Morgan fingerprint density at radius 2 is 2.27 bits per heavy atom. The summed E-state index contributed by atoms with van der Waals surface area (Å²) in [5.74, 6) is 1.31. The Morgan fingerprint density at radius 1 is 1.40 bits per heavy atom. The van der Waals surface area contributed by atoms with Crippen molar-refractivity contribution in [3.05, 3.63) is 42.5 Å². The third-order valence-corrected chi connectivity index (χ3v) is 2.30. The maximum absolute atomic E-state index is 9.40. The molecule has 3 heteroatoms. The quantitative estimate of drug-likeness (QED) is 0.830. The van der Waals surface area contributed by atoms with E-state index >= 15 is 0 Å². The van der Waals surface area contributed by atoms with Gasteiger partial charge >= 0.3 is 0 Å². The fourth-order valence-corrected chi connectivity index (χ4v) is 1.62. The van der Waals surface area contributed by atoms with Gasteiger partial charge in [-0.25, -0.2) is 4.98 Å². The van der Waals surface area contributed by atoms with Gasteiger partial charge < -0.3 is 9.67 Å². The molecule has 1 aromatic heterocycles. The highest BCUT2D eigenvalue weighted by atomic mass is 16.3. The average molecular weight is 202 g/mol. The van der Waals surface area contributed by atoms with E-state index in [1.54, 1.807) is 18.3 Å². The maximum Gasteiger partial charge on any atom is 0.117 e. The van der Waals surface area contributed by atoms with Crippen LogP contribution in [0.2, 0.25) is 0 Å². The molecule has 0 aliphatic heterocycles. The number of aromatic nitrogens is 2. The summed E-state index contributed by atoms with van der Waals surface area (Å²) in [5, 5.41) is 9.40. The van der Waals surface area contributed by atoms with Crippen LogP contribution in [0.15, 0.2) is 36.7 Å². The molecule has 0 amide bonds. The molecule has 15 heavy (non-hydrogen) atoms. The molecule has 0 unspecified atom stereocenters. The van der Waals surface area contributed by atoms with Crippen molar-refractivity contribution < 1.29 is 5.11 Å². The topological polar surface area (TPSA) is 38.0 Å². The lowest BCUT2D eigenvalue weighted by Crippen LogP contribution is -1.99. The molecule has 0 saturated heterocycles.